The molecule has 1 aromatic heterocycles. The van der Waals surface area contributed by atoms with Crippen LogP contribution in [0.4, 0.5) is 5.69 Å². The minimum Gasteiger partial charge on any atom is -0.326 e. The first-order valence-electron chi connectivity index (χ1n) is 6.73. The zero-order valence-electron chi connectivity index (χ0n) is 12.2. The third-order valence-electron chi connectivity index (χ3n) is 3.05. The van der Waals surface area contributed by atoms with E-state index in [1.54, 1.807) is 11.3 Å². The molecular formula is C16H21N2OS+. The monoisotopic (exact) mass is 289 g/mol. The molecule has 0 aliphatic rings. The topological polar surface area (TPSA) is 33.5 Å². The maximum atomic E-state index is 12.0. The highest BCUT2D eigenvalue weighted by molar-refractivity contribution is 7.07. The smallest absolute Gasteiger partial charge is 0.279 e. The summed E-state index contributed by atoms with van der Waals surface area (Å²) in [7, 11) is 2.04. The molecule has 1 atom stereocenters. The van der Waals surface area contributed by atoms with Crippen molar-refractivity contribution in [1.82, 2.24) is 0 Å². The number of anilines is 1. The number of carbonyl (C=O) groups excluding carboxylic acids is 1. The summed E-state index contributed by atoms with van der Waals surface area (Å²) in [6.07, 6.45) is 0. The number of hydrogen-bond donors (Lipinski definition) is 2. The standard InChI is InChI=1S/C16H20N2OS/c1-12-6-13(2)8-15(7-12)17-16(19)10-18(3)9-14-4-5-20-11-14/h4-8,11H,9-10H2,1-3H3,(H,17,19)/p+1. The largest absolute Gasteiger partial charge is 0.326 e. The molecule has 2 N–H and O–H groups in total. The van der Waals surface area contributed by atoms with E-state index in [1.165, 1.54) is 21.6 Å². The van der Waals surface area contributed by atoms with E-state index in [9.17, 15) is 4.79 Å². The van der Waals surface area contributed by atoms with Crippen LogP contribution in [0.5, 0.6) is 0 Å². The van der Waals surface area contributed by atoms with E-state index in [1.807, 2.05) is 33.0 Å². The summed E-state index contributed by atoms with van der Waals surface area (Å²) in [4.78, 5) is 13.2. The normalized spacial score (nSPS) is 12.2. The molecule has 0 bridgehead atoms. The summed E-state index contributed by atoms with van der Waals surface area (Å²) in [5.41, 5.74) is 4.50. The molecule has 0 aliphatic carbocycles. The number of quaternary nitrogens is 1. The molecule has 1 unspecified atom stereocenters. The van der Waals surface area contributed by atoms with Crippen LogP contribution < -0.4 is 10.2 Å². The summed E-state index contributed by atoms with van der Waals surface area (Å²) < 4.78 is 0. The van der Waals surface area contributed by atoms with Crippen molar-refractivity contribution >= 4 is 22.9 Å². The second-order valence-corrected chi connectivity index (χ2v) is 6.15. The van der Waals surface area contributed by atoms with Gasteiger partial charge in [-0.05, 0) is 53.9 Å². The Morgan fingerprint density at radius 3 is 2.55 bits per heavy atom. The molecule has 106 valence electrons. The quantitative estimate of drug-likeness (QED) is 0.867. The van der Waals surface area contributed by atoms with E-state index < -0.39 is 0 Å². The Hall–Kier alpha value is -1.65. The van der Waals surface area contributed by atoms with E-state index in [2.05, 4.69) is 28.2 Å². The first-order valence-corrected chi connectivity index (χ1v) is 7.68. The number of hydrogen-bond acceptors (Lipinski definition) is 2. The zero-order valence-corrected chi connectivity index (χ0v) is 13.0. The molecular weight excluding hydrogens is 268 g/mol. The Balaban J connectivity index is 1.88. The van der Waals surface area contributed by atoms with Crippen LogP contribution in [0, 0.1) is 13.8 Å². The molecule has 0 aliphatic heterocycles. The van der Waals surface area contributed by atoms with Gasteiger partial charge in [0.1, 0.15) is 6.54 Å². The van der Waals surface area contributed by atoms with E-state index >= 15 is 0 Å². The Kier molecular flexibility index (Phi) is 4.93. The molecule has 20 heavy (non-hydrogen) atoms. The van der Waals surface area contributed by atoms with Crippen LogP contribution in [-0.2, 0) is 11.3 Å². The van der Waals surface area contributed by atoms with Gasteiger partial charge >= 0.3 is 0 Å². The van der Waals surface area contributed by atoms with Gasteiger partial charge in [0.15, 0.2) is 6.54 Å². The van der Waals surface area contributed by atoms with Crippen LogP contribution in [-0.4, -0.2) is 19.5 Å². The first kappa shape index (κ1) is 14.8. The predicted octanol–water partition coefficient (Wildman–Crippen LogP) is 2.02. The summed E-state index contributed by atoms with van der Waals surface area (Å²) in [5.74, 6) is 0.0581. The second-order valence-electron chi connectivity index (χ2n) is 5.37. The molecule has 1 heterocycles. The van der Waals surface area contributed by atoms with E-state index in [-0.39, 0.29) is 5.91 Å². The molecule has 0 radical (unpaired) electrons. The van der Waals surface area contributed by atoms with Gasteiger partial charge in [-0.15, -0.1) is 0 Å². The molecule has 1 aromatic carbocycles. The number of thiophene rings is 1. The number of likely N-dealkylation sites (N-methyl/N-ethyl adjacent to an activating group) is 1. The Labute approximate surface area is 124 Å². The van der Waals surface area contributed by atoms with Gasteiger partial charge in [-0.25, -0.2) is 0 Å². The van der Waals surface area contributed by atoms with Crippen molar-refractivity contribution in [3.63, 3.8) is 0 Å². The van der Waals surface area contributed by atoms with Crippen LogP contribution in [0.15, 0.2) is 35.0 Å². The van der Waals surface area contributed by atoms with E-state index in [0.717, 1.165) is 12.2 Å². The molecule has 2 rings (SSSR count). The third-order valence-corrected chi connectivity index (χ3v) is 3.79. The average Bonchev–Trinajstić information content (AvgIpc) is 2.79. The Morgan fingerprint density at radius 1 is 1.25 bits per heavy atom. The highest BCUT2D eigenvalue weighted by atomic mass is 32.1. The van der Waals surface area contributed by atoms with Crippen molar-refractivity contribution < 1.29 is 9.69 Å². The van der Waals surface area contributed by atoms with Crippen molar-refractivity contribution in [2.24, 2.45) is 0 Å². The van der Waals surface area contributed by atoms with Gasteiger partial charge in [-0.1, -0.05) is 6.07 Å². The number of carbonyl (C=O) groups is 1. The number of rotatable bonds is 5. The molecule has 1 amide bonds. The molecule has 3 nitrogen and oxygen atoms in total. The lowest BCUT2D eigenvalue weighted by atomic mass is 10.1. The highest BCUT2D eigenvalue weighted by Crippen LogP contribution is 2.13. The lowest BCUT2D eigenvalue weighted by Crippen LogP contribution is -3.08. The SMILES string of the molecule is Cc1cc(C)cc(NC(=O)C[NH+](C)Cc2ccsc2)c1. The van der Waals surface area contributed by atoms with Crippen molar-refractivity contribution in [1.29, 1.82) is 0 Å². The fourth-order valence-corrected chi connectivity index (χ4v) is 3.00. The minimum absolute atomic E-state index is 0.0581. The fraction of sp³-hybridized carbons (Fsp3) is 0.312. The van der Waals surface area contributed by atoms with Crippen LogP contribution in [0.1, 0.15) is 16.7 Å². The summed E-state index contributed by atoms with van der Waals surface area (Å²) in [6.45, 7) is 5.43. The molecule has 0 saturated heterocycles. The molecule has 0 fully saturated rings. The predicted molar refractivity (Wildman–Crippen MR) is 84.3 cm³/mol. The van der Waals surface area contributed by atoms with Gasteiger partial charge in [0.05, 0.1) is 7.05 Å². The minimum atomic E-state index is 0.0581. The third kappa shape index (κ3) is 4.47. The van der Waals surface area contributed by atoms with Crippen LogP contribution in [0.2, 0.25) is 0 Å². The van der Waals surface area contributed by atoms with Gasteiger partial charge < -0.3 is 10.2 Å². The average molecular weight is 289 g/mol. The van der Waals surface area contributed by atoms with Crippen molar-refractivity contribution in [2.75, 3.05) is 18.9 Å². The maximum Gasteiger partial charge on any atom is 0.279 e. The van der Waals surface area contributed by atoms with E-state index in [4.69, 9.17) is 0 Å². The second kappa shape index (κ2) is 6.68. The Morgan fingerprint density at radius 2 is 1.95 bits per heavy atom. The summed E-state index contributed by atoms with van der Waals surface area (Å²) in [6, 6.07) is 8.21. The molecule has 2 aromatic rings. The Bertz CT molecular complexity index is 558. The zero-order chi connectivity index (χ0) is 14.5. The lowest BCUT2D eigenvalue weighted by Gasteiger charge is -2.13. The number of amides is 1. The molecule has 0 saturated carbocycles. The lowest BCUT2D eigenvalue weighted by molar-refractivity contribution is -0.885. The van der Waals surface area contributed by atoms with Crippen molar-refractivity contribution in [2.45, 2.75) is 20.4 Å². The van der Waals surface area contributed by atoms with Crippen molar-refractivity contribution in [3.8, 4) is 0 Å². The molecule has 0 spiro atoms. The van der Waals surface area contributed by atoms with Gasteiger partial charge in [0.25, 0.3) is 5.91 Å². The van der Waals surface area contributed by atoms with Gasteiger partial charge in [0, 0.05) is 11.3 Å². The maximum absolute atomic E-state index is 12.0. The number of aryl methyl sites for hydroxylation is 2. The highest BCUT2D eigenvalue weighted by Gasteiger charge is 2.11. The summed E-state index contributed by atoms with van der Waals surface area (Å²) >= 11 is 1.69. The molecule has 4 heteroatoms. The number of nitrogens with one attached hydrogen (secondary N) is 2. The number of benzene rings is 1. The summed E-state index contributed by atoms with van der Waals surface area (Å²) in [5, 5.41) is 7.17. The van der Waals surface area contributed by atoms with Crippen molar-refractivity contribution in [3.05, 3.63) is 51.7 Å². The first-order chi connectivity index (χ1) is 9.52. The van der Waals surface area contributed by atoms with Gasteiger partial charge in [-0.2, -0.15) is 11.3 Å². The van der Waals surface area contributed by atoms with Gasteiger partial charge in [0.2, 0.25) is 0 Å². The van der Waals surface area contributed by atoms with Crippen LogP contribution in [0.3, 0.4) is 0 Å². The van der Waals surface area contributed by atoms with Gasteiger partial charge in [-0.3, -0.25) is 4.79 Å². The van der Waals surface area contributed by atoms with Crippen LogP contribution in [0.25, 0.3) is 0 Å². The van der Waals surface area contributed by atoms with E-state index in [0.29, 0.717) is 6.54 Å². The fourth-order valence-electron chi connectivity index (χ4n) is 2.33. The van der Waals surface area contributed by atoms with Crippen LogP contribution >= 0.6 is 11.3 Å².